The Morgan fingerprint density at radius 3 is 2.00 bits per heavy atom. The summed E-state index contributed by atoms with van der Waals surface area (Å²) in [5, 5.41) is 0. The van der Waals surface area contributed by atoms with Crippen LogP contribution in [0.1, 0.15) is 4.11 Å². The van der Waals surface area contributed by atoms with Crippen LogP contribution in [0.3, 0.4) is 0 Å². The predicted octanol–water partition coefficient (Wildman–Crippen LogP) is 3.81. The Morgan fingerprint density at radius 1 is 1.00 bits per heavy atom. The van der Waals surface area contributed by atoms with Crippen molar-refractivity contribution in [3.63, 3.8) is 0 Å². The lowest BCUT2D eigenvalue weighted by molar-refractivity contribution is 0.687. The van der Waals surface area contributed by atoms with E-state index < -0.39 is 17.0 Å². The summed E-state index contributed by atoms with van der Waals surface area (Å²) in [6, 6.07) is 14.9. The Balaban J connectivity index is 2.25. The van der Waals surface area contributed by atoms with E-state index in [0.29, 0.717) is 4.90 Å². The van der Waals surface area contributed by atoms with Gasteiger partial charge in [0.05, 0.1) is 0 Å². The van der Waals surface area contributed by atoms with Gasteiger partial charge in [-0.1, -0.05) is 24.3 Å². The molecule has 88 valence electrons. The minimum Gasteiger partial charge on any atom is -0.255 e. The van der Waals surface area contributed by atoms with Crippen molar-refractivity contribution in [3.8, 4) is 11.1 Å². The molecule has 0 amide bonds. The molecule has 0 aliphatic rings. The topological polar surface area (TPSA) is 17.1 Å². The van der Waals surface area contributed by atoms with Crippen LogP contribution in [0.2, 0.25) is 0 Å². The van der Waals surface area contributed by atoms with Gasteiger partial charge in [-0.25, -0.2) is 0 Å². The molecule has 17 heavy (non-hydrogen) atoms. The minimum absolute atomic E-state index is 0.328. The van der Waals surface area contributed by atoms with Crippen molar-refractivity contribution < 1.29 is 8.32 Å². The number of thioether (sulfide) groups is 1. The first-order valence-electron chi connectivity index (χ1n) is 6.58. The molecular weight excluding hydrogens is 248 g/mol. The van der Waals surface area contributed by atoms with Gasteiger partial charge in [-0.15, -0.1) is 11.8 Å². The minimum atomic E-state index is -2.47. The van der Waals surface area contributed by atoms with Gasteiger partial charge in [0.1, 0.15) is 0 Å². The first-order chi connectivity index (χ1) is 9.41. The van der Waals surface area contributed by atoms with Gasteiger partial charge in [-0.05, 0) is 41.6 Å². The molecular formula is C14H14OS2. The fourth-order valence-electron chi connectivity index (χ4n) is 1.55. The summed E-state index contributed by atoms with van der Waals surface area (Å²) < 4.78 is 33.2. The van der Waals surface area contributed by atoms with E-state index in [1.807, 2.05) is 30.5 Å². The Morgan fingerprint density at radius 2 is 1.53 bits per heavy atom. The number of rotatable bonds is 3. The van der Waals surface area contributed by atoms with E-state index in [1.165, 1.54) is 4.90 Å². The molecule has 0 radical (unpaired) electrons. The Hall–Kier alpha value is -1.06. The second-order valence-corrected chi connectivity index (χ2v) is 5.41. The standard InChI is InChI=1S/C14H14OS2/c1-16-13-7-3-11(4-8-13)12-5-9-14(10-6-12)17(2)15/h3-10H,1-2H3/i2D3. The molecule has 0 N–H and O–H groups in total. The summed E-state index contributed by atoms with van der Waals surface area (Å²) in [6.45, 7) is 0. The summed E-state index contributed by atoms with van der Waals surface area (Å²) >= 11 is 1.68. The molecule has 0 bridgehead atoms. The molecule has 0 aromatic heterocycles. The Bertz CT molecular complexity index is 604. The summed E-state index contributed by atoms with van der Waals surface area (Å²) in [5.41, 5.74) is 2.03. The fourth-order valence-corrected chi connectivity index (χ4v) is 2.35. The van der Waals surface area contributed by atoms with Crippen LogP contribution in [-0.2, 0) is 10.8 Å². The maximum atomic E-state index is 11.7. The number of hydrogen-bond donors (Lipinski definition) is 0. The molecule has 0 saturated carbocycles. The molecule has 0 aliphatic heterocycles. The van der Waals surface area contributed by atoms with Crippen LogP contribution in [0.5, 0.6) is 0 Å². The Labute approximate surface area is 113 Å². The number of benzene rings is 2. The molecule has 1 unspecified atom stereocenters. The van der Waals surface area contributed by atoms with Gasteiger partial charge in [-0.3, -0.25) is 4.21 Å². The van der Waals surface area contributed by atoms with Crippen LogP contribution in [0.15, 0.2) is 58.3 Å². The first kappa shape index (κ1) is 8.95. The van der Waals surface area contributed by atoms with E-state index in [9.17, 15) is 4.21 Å². The van der Waals surface area contributed by atoms with Gasteiger partial charge in [0.25, 0.3) is 0 Å². The van der Waals surface area contributed by atoms with Crippen LogP contribution >= 0.6 is 11.8 Å². The van der Waals surface area contributed by atoms with Gasteiger partial charge in [0.2, 0.25) is 0 Å². The molecule has 0 heterocycles. The molecule has 3 heteroatoms. The van der Waals surface area contributed by atoms with Crippen molar-refractivity contribution in [1.29, 1.82) is 0 Å². The largest absolute Gasteiger partial charge is 0.255 e. The van der Waals surface area contributed by atoms with Crippen molar-refractivity contribution in [1.82, 2.24) is 0 Å². The summed E-state index contributed by atoms with van der Waals surface area (Å²) in [6.07, 6.45) is -0.449. The second-order valence-electron chi connectivity index (χ2n) is 3.52. The van der Waals surface area contributed by atoms with Crippen molar-refractivity contribution in [3.05, 3.63) is 48.5 Å². The highest BCUT2D eigenvalue weighted by molar-refractivity contribution is 7.98. The SMILES string of the molecule is [2H]C([2H])([2H])S(=O)c1ccc(-c2ccc(SC)cc2)cc1. The molecule has 1 atom stereocenters. The van der Waals surface area contributed by atoms with Crippen LogP contribution < -0.4 is 0 Å². The monoisotopic (exact) mass is 265 g/mol. The van der Waals surface area contributed by atoms with Gasteiger partial charge in [0, 0.05) is 30.9 Å². The maximum Gasteiger partial charge on any atom is 0.0498 e. The lowest BCUT2D eigenvalue weighted by atomic mass is 10.1. The van der Waals surface area contributed by atoms with E-state index in [2.05, 4.69) is 0 Å². The summed E-state index contributed by atoms with van der Waals surface area (Å²) in [5.74, 6) is 0. The quantitative estimate of drug-likeness (QED) is 0.785. The lowest BCUT2D eigenvalue weighted by Gasteiger charge is -2.04. The smallest absolute Gasteiger partial charge is 0.0498 e. The first-order valence-corrected chi connectivity index (χ1v) is 7.45. The zero-order valence-corrected chi connectivity index (χ0v) is 11.0. The second kappa shape index (κ2) is 5.52. The zero-order valence-electron chi connectivity index (χ0n) is 12.3. The van der Waals surface area contributed by atoms with Gasteiger partial charge >= 0.3 is 0 Å². The number of hydrogen-bond acceptors (Lipinski definition) is 2. The van der Waals surface area contributed by atoms with Crippen molar-refractivity contribution >= 4 is 22.6 Å². The molecule has 2 aromatic carbocycles. The third kappa shape index (κ3) is 2.99. The maximum absolute atomic E-state index is 11.7. The van der Waals surface area contributed by atoms with Crippen molar-refractivity contribution in [2.45, 2.75) is 9.79 Å². The van der Waals surface area contributed by atoms with Gasteiger partial charge in [-0.2, -0.15) is 0 Å². The predicted molar refractivity (Wildman–Crippen MR) is 76.0 cm³/mol. The van der Waals surface area contributed by atoms with Crippen LogP contribution in [0.25, 0.3) is 11.1 Å². The molecule has 2 rings (SSSR count). The van der Waals surface area contributed by atoms with E-state index in [1.54, 1.807) is 36.0 Å². The van der Waals surface area contributed by atoms with Crippen LogP contribution in [-0.4, -0.2) is 16.6 Å². The van der Waals surface area contributed by atoms with Crippen molar-refractivity contribution in [2.75, 3.05) is 12.4 Å². The molecule has 0 aliphatic carbocycles. The third-order valence-electron chi connectivity index (χ3n) is 2.49. The highest BCUT2D eigenvalue weighted by Crippen LogP contribution is 2.23. The molecule has 1 nitrogen and oxygen atoms in total. The summed E-state index contributed by atoms with van der Waals surface area (Å²) in [7, 11) is -1.97. The molecule has 2 aromatic rings. The molecule has 0 saturated heterocycles. The van der Waals surface area contributed by atoms with E-state index in [4.69, 9.17) is 4.11 Å². The summed E-state index contributed by atoms with van der Waals surface area (Å²) in [4.78, 5) is 1.52. The average Bonchev–Trinajstić information content (AvgIpc) is 2.46. The highest BCUT2D eigenvalue weighted by atomic mass is 32.2. The van der Waals surface area contributed by atoms with E-state index in [-0.39, 0.29) is 0 Å². The van der Waals surface area contributed by atoms with Crippen molar-refractivity contribution in [2.24, 2.45) is 0 Å². The normalized spacial score (nSPS) is 15.7. The van der Waals surface area contributed by atoms with Gasteiger partial charge in [0.15, 0.2) is 0 Å². The fraction of sp³-hybridized carbons (Fsp3) is 0.143. The van der Waals surface area contributed by atoms with Crippen LogP contribution in [0, 0.1) is 0 Å². The van der Waals surface area contributed by atoms with E-state index in [0.717, 1.165) is 11.1 Å². The Kier molecular flexibility index (Phi) is 2.90. The average molecular weight is 265 g/mol. The lowest BCUT2D eigenvalue weighted by Crippen LogP contribution is -1.86. The van der Waals surface area contributed by atoms with Gasteiger partial charge < -0.3 is 0 Å². The molecule has 0 fully saturated rings. The highest BCUT2D eigenvalue weighted by Gasteiger charge is 2.00. The third-order valence-corrected chi connectivity index (χ3v) is 3.94. The van der Waals surface area contributed by atoms with E-state index >= 15 is 0 Å². The molecule has 0 spiro atoms. The zero-order chi connectivity index (χ0) is 14.8. The van der Waals surface area contributed by atoms with Crippen LogP contribution in [0.4, 0.5) is 0 Å².